The van der Waals surface area contributed by atoms with Crippen molar-refractivity contribution in [2.24, 2.45) is 16.8 Å². The molecular formula is C22H24F2N4. The van der Waals surface area contributed by atoms with Crippen LogP contribution in [0.4, 0.5) is 14.5 Å². The molecule has 4 nitrogen and oxygen atoms in total. The highest BCUT2D eigenvalue weighted by atomic mass is 19.1. The van der Waals surface area contributed by atoms with Crippen molar-refractivity contribution in [2.75, 3.05) is 18.4 Å². The van der Waals surface area contributed by atoms with E-state index in [-0.39, 0.29) is 11.5 Å². The normalized spacial score (nSPS) is 23.4. The van der Waals surface area contributed by atoms with Crippen LogP contribution in [-0.4, -0.2) is 23.8 Å². The Balaban J connectivity index is 1.89. The van der Waals surface area contributed by atoms with Gasteiger partial charge in [-0.05, 0) is 44.2 Å². The van der Waals surface area contributed by atoms with E-state index < -0.39 is 17.2 Å². The number of benzene rings is 2. The zero-order valence-corrected chi connectivity index (χ0v) is 15.9. The maximum atomic E-state index is 14.5. The number of nitrogens with zero attached hydrogens (tertiary/aromatic N) is 2. The molecule has 1 spiro atoms. The predicted octanol–water partition coefficient (Wildman–Crippen LogP) is 4.19. The van der Waals surface area contributed by atoms with E-state index in [0.29, 0.717) is 18.7 Å². The highest BCUT2D eigenvalue weighted by Crippen LogP contribution is 2.52. The fourth-order valence-corrected chi connectivity index (χ4v) is 4.57. The Morgan fingerprint density at radius 1 is 1.32 bits per heavy atom. The molecule has 4 rings (SSSR count). The Hall–Kier alpha value is -2.73. The van der Waals surface area contributed by atoms with Gasteiger partial charge in [0.1, 0.15) is 11.6 Å². The van der Waals surface area contributed by atoms with E-state index in [9.17, 15) is 8.78 Å². The van der Waals surface area contributed by atoms with Gasteiger partial charge < -0.3 is 11.1 Å². The predicted molar refractivity (Wildman–Crippen MR) is 108 cm³/mol. The topological polar surface area (TPSA) is 53.6 Å². The zero-order chi connectivity index (χ0) is 19.9. The minimum absolute atomic E-state index is 0.141. The Labute approximate surface area is 163 Å². The Bertz CT molecular complexity index is 955. The number of hydrogen-bond acceptors (Lipinski definition) is 4. The fourth-order valence-electron chi connectivity index (χ4n) is 4.57. The monoisotopic (exact) mass is 382 g/mol. The highest BCUT2D eigenvalue weighted by Gasteiger charge is 2.53. The molecule has 2 aromatic carbocycles. The summed E-state index contributed by atoms with van der Waals surface area (Å²) in [6, 6.07) is 11.6. The van der Waals surface area contributed by atoms with Crippen molar-refractivity contribution < 1.29 is 8.78 Å². The van der Waals surface area contributed by atoms with Gasteiger partial charge in [0.05, 0.1) is 11.3 Å². The van der Waals surface area contributed by atoms with Crippen molar-refractivity contribution >= 4 is 11.4 Å². The van der Waals surface area contributed by atoms with E-state index in [1.54, 1.807) is 0 Å². The molecular weight excluding hydrogens is 358 g/mol. The molecule has 0 bridgehead atoms. The van der Waals surface area contributed by atoms with Crippen molar-refractivity contribution in [2.45, 2.75) is 25.3 Å². The van der Waals surface area contributed by atoms with Crippen molar-refractivity contribution in [3.63, 3.8) is 0 Å². The lowest BCUT2D eigenvalue weighted by Crippen LogP contribution is -2.51. The molecule has 2 aromatic rings. The summed E-state index contributed by atoms with van der Waals surface area (Å²) in [5.41, 5.74) is 8.99. The number of nitrogens with two attached hydrogens (primary N) is 1. The molecule has 0 fully saturated rings. The first-order valence-corrected chi connectivity index (χ1v) is 9.49. The molecule has 2 heterocycles. The van der Waals surface area contributed by atoms with E-state index in [2.05, 4.69) is 18.0 Å². The summed E-state index contributed by atoms with van der Waals surface area (Å²) in [7, 11) is 0. The highest BCUT2D eigenvalue weighted by molar-refractivity contribution is 6.03. The van der Waals surface area contributed by atoms with Gasteiger partial charge in [-0.2, -0.15) is 5.10 Å². The van der Waals surface area contributed by atoms with Crippen LogP contribution in [0, 0.1) is 17.6 Å². The molecule has 2 aliphatic rings. The fraction of sp³-hybridized carbons (Fsp3) is 0.318. The van der Waals surface area contributed by atoms with Crippen LogP contribution < -0.4 is 11.1 Å². The minimum Gasteiger partial charge on any atom is -0.384 e. The van der Waals surface area contributed by atoms with Gasteiger partial charge in [0, 0.05) is 41.4 Å². The second kappa shape index (κ2) is 7.02. The lowest BCUT2D eigenvalue weighted by molar-refractivity contribution is 0.0834. The number of para-hydroxylation sites is 1. The first-order valence-electron chi connectivity index (χ1n) is 9.49. The standard InChI is InChI=1S/C22H24F2N4/c1-14(2)28-22(12-21(27-28)17-11-16(23)7-8-19(17)24)15(9-10-25)13-26-20-6-4-3-5-18(20)22/h3-8,11,15,26H,1,9-10,12-13,25H2,2H3. The van der Waals surface area contributed by atoms with Crippen LogP contribution in [0.1, 0.15) is 30.9 Å². The molecule has 6 heteroatoms. The largest absolute Gasteiger partial charge is 0.384 e. The molecule has 146 valence electrons. The number of anilines is 1. The van der Waals surface area contributed by atoms with Crippen LogP contribution in [0.5, 0.6) is 0 Å². The van der Waals surface area contributed by atoms with Gasteiger partial charge in [0.15, 0.2) is 0 Å². The van der Waals surface area contributed by atoms with Crippen LogP contribution in [0.15, 0.2) is 59.8 Å². The summed E-state index contributed by atoms with van der Waals surface area (Å²) in [4.78, 5) is 0. The van der Waals surface area contributed by atoms with Crippen LogP contribution in [-0.2, 0) is 5.54 Å². The smallest absolute Gasteiger partial charge is 0.132 e. The molecule has 2 aliphatic heterocycles. The molecule has 0 aromatic heterocycles. The number of rotatable bonds is 4. The number of halogens is 2. The third kappa shape index (κ3) is 2.79. The third-order valence-corrected chi connectivity index (χ3v) is 5.76. The Morgan fingerprint density at radius 2 is 2.11 bits per heavy atom. The Kier molecular flexibility index (Phi) is 4.67. The van der Waals surface area contributed by atoms with Crippen LogP contribution >= 0.6 is 0 Å². The number of hydrogen-bond donors (Lipinski definition) is 2. The van der Waals surface area contributed by atoms with Gasteiger partial charge in [0.25, 0.3) is 0 Å². The number of allylic oxidation sites excluding steroid dienone is 1. The zero-order valence-electron chi connectivity index (χ0n) is 15.9. The van der Waals surface area contributed by atoms with Crippen molar-refractivity contribution in [3.8, 4) is 0 Å². The third-order valence-electron chi connectivity index (χ3n) is 5.76. The molecule has 0 aliphatic carbocycles. The van der Waals surface area contributed by atoms with Crippen molar-refractivity contribution in [1.29, 1.82) is 0 Å². The SMILES string of the molecule is C=C(C)N1N=C(c2cc(F)ccc2F)CC12c1ccccc1NCC2CCN. The van der Waals surface area contributed by atoms with Crippen LogP contribution in [0.3, 0.4) is 0 Å². The maximum Gasteiger partial charge on any atom is 0.132 e. The number of fused-ring (bicyclic) bond motifs is 2. The van der Waals surface area contributed by atoms with E-state index >= 15 is 0 Å². The molecule has 2 atom stereocenters. The van der Waals surface area contributed by atoms with Crippen LogP contribution in [0.25, 0.3) is 0 Å². The van der Waals surface area contributed by atoms with Crippen LogP contribution in [0.2, 0.25) is 0 Å². The van der Waals surface area contributed by atoms with E-state index in [4.69, 9.17) is 10.8 Å². The van der Waals surface area contributed by atoms with Gasteiger partial charge in [-0.1, -0.05) is 24.8 Å². The second-order valence-corrected chi connectivity index (χ2v) is 7.52. The molecule has 28 heavy (non-hydrogen) atoms. The van der Waals surface area contributed by atoms with Crippen molar-refractivity contribution in [3.05, 3.63) is 77.5 Å². The number of nitrogens with one attached hydrogen (secondary N) is 1. The van der Waals surface area contributed by atoms with Gasteiger partial charge in [-0.15, -0.1) is 0 Å². The molecule has 0 saturated heterocycles. The van der Waals surface area contributed by atoms with Gasteiger partial charge >= 0.3 is 0 Å². The average molecular weight is 382 g/mol. The molecule has 0 saturated carbocycles. The summed E-state index contributed by atoms with van der Waals surface area (Å²) in [6.07, 6.45) is 1.24. The van der Waals surface area contributed by atoms with Gasteiger partial charge in [0.2, 0.25) is 0 Å². The summed E-state index contributed by atoms with van der Waals surface area (Å²) in [5, 5.41) is 10.1. The summed E-state index contributed by atoms with van der Waals surface area (Å²) < 4.78 is 28.4. The first kappa shape index (κ1) is 18.6. The lowest BCUT2D eigenvalue weighted by atomic mass is 9.70. The Morgan fingerprint density at radius 3 is 2.86 bits per heavy atom. The van der Waals surface area contributed by atoms with Gasteiger partial charge in [-0.3, -0.25) is 5.01 Å². The molecule has 2 unspecified atom stereocenters. The van der Waals surface area contributed by atoms with E-state index in [1.165, 1.54) is 6.07 Å². The lowest BCUT2D eigenvalue weighted by Gasteiger charge is -2.48. The average Bonchev–Trinajstić information content (AvgIpc) is 3.08. The quantitative estimate of drug-likeness (QED) is 0.834. The van der Waals surface area contributed by atoms with Gasteiger partial charge in [-0.25, -0.2) is 8.78 Å². The summed E-state index contributed by atoms with van der Waals surface area (Å²) in [5.74, 6) is -0.815. The molecule has 0 amide bonds. The summed E-state index contributed by atoms with van der Waals surface area (Å²) in [6.45, 7) is 7.27. The summed E-state index contributed by atoms with van der Waals surface area (Å²) >= 11 is 0. The first-order chi connectivity index (χ1) is 13.5. The van der Waals surface area contributed by atoms with E-state index in [0.717, 1.165) is 42.0 Å². The molecule has 0 radical (unpaired) electrons. The number of hydrazone groups is 1. The van der Waals surface area contributed by atoms with Crippen molar-refractivity contribution in [1.82, 2.24) is 5.01 Å². The molecule has 3 N–H and O–H groups in total. The van der Waals surface area contributed by atoms with E-state index in [1.807, 2.05) is 30.1 Å². The maximum absolute atomic E-state index is 14.5. The minimum atomic E-state index is -0.527. The second-order valence-electron chi connectivity index (χ2n) is 7.52.